The highest BCUT2D eigenvalue weighted by Crippen LogP contribution is 2.18. The van der Waals surface area contributed by atoms with Gasteiger partial charge in [0.2, 0.25) is 11.8 Å². The third-order valence-corrected chi connectivity index (χ3v) is 6.33. The summed E-state index contributed by atoms with van der Waals surface area (Å²) in [5.74, 6) is -0.214. The molecule has 0 aliphatic heterocycles. The highest BCUT2D eigenvalue weighted by Gasteiger charge is 2.30. The molecule has 196 valence electrons. The highest BCUT2D eigenvalue weighted by molar-refractivity contribution is 6.30. The summed E-state index contributed by atoms with van der Waals surface area (Å²) < 4.78 is 5.60. The lowest BCUT2D eigenvalue weighted by atomic mass is 10.0. The van der Waals surface area contributed by atoms with Gasteiger partial charge >= 0.3 is 0 Å². The summed E-state index contributed by atoms with van der Waals surface area (Å²) >= 11 is 6.10. The van der Waals surface area contributed by atoms with Crippen LogP contribution in [0.4, 0.5) is 0 Å². The summed E-state index contributed by atoms with van der Waals surface area (Å²) in [6.07, 6.45) is 2.22. The van der Waals surface area contributed by atoms with Gasteiger partial charge in [-0.15, -0.1) is 0 Å². The minimum absolute atomic E-state index is 0.0574. The summed E-state index contributed by atoms with van der Waals surface area (Å²) in [7, 11) is 0. The molecular weight excluding hydrogens is 484 g/mol. The predicted molar refractivity (Wildman–Crippen MR) is 149 cm³/mol. The largest absolute Gasteiger partial charge is 0.379 e. The van der Waals surface area contributed by atoms with E-state index in [0.29, 0.717) is 50.4 Å². The molecule has 3 aromatic carbocycles. The van der Waals surface area contributed by atoms with Crippen LogP contribution in [0, 0.1) is 0 Å². The zero-order chi connectivity index (χ0) is 26.5. The highest BCUT2D eigenvalue weighted by atomic mass is 35.5. The van der Waals surface area contributed by atoms with Crippen molar-refractivity contribution in [3.63, 3.8) is 0 Å². The molecule has 0 aromatic heterocycles. The van der Waals surface area contributed by atoms with Crippen LogP contribution in [-0.2, 0) is 33.7 Å². The van der Waals surface area contributed by atoms with Gasteiger partial charge in [-0.3, -0.25) is 9.59 Å². The smallest absolute Gasteiger partial charge is 0.243 e. The molecule has 0 saturated carbocycles. The van der Waals surface area contributed by atoms with Crippen LogP contribution in [-0.4, -0.2) is 42.0 Å². The number of carbonyl (C=O) groups is 2. The van der Waals surface area contributed by atoms with Crippen molar-refractivity contribution in [1.82, 2.24) is 10.2 Å². The van der Waals surface area contributed by atoms with E-state index in [4.69, 9.17) is 16.3 Å². The van der Waals surface area contributed by atoms with Crippen molar-refractivity contribution < 1.29 is 14.3 Å². The van der Waals surface area contributed by atoms with Gasteiger partial charge in [0.15, 0.2) is 0 Å². The fourth-order valence-electron chi connectivity index (χ4n) is 4.10. The van der Waals surface area contributed by atoms with Crippen molar-refractivity contribution in [2.75, 3.05) is 13.2 Å². The molecule has 0 bridgehead atoms. The standard InChI is InChI=1S/C31H37ClN2O3/c1-24(2)37-21-9-20-33-31(36)29(22-26-12-7-4-8-13-26)34(23-27-14-17-28(32)18-15-27)30(35)19-16-25-10-5-3-6-11-25/h3-8,10-15,17-18,24,29H,9,16,19-23H2,1-2H3,(H,33,36)/t29-/m1/s1. The number of hydrogen-bond donors (Lipinski definition) is 1. The molecule has 0 aliphatic carbocycles. The predicted octanol–water partition coefficient (Wildman–Crippen LogP) is 5.84. The van der Waals surface area contributed by atoms with E-state index in [2.05, 4.69) is 5.32 Å². The molecule has 6 heteroatoms. The minimum atomic E-state index is -0.646. The van der Waals surface area contributed by atoms with Crippen molar-refractivity contribution in [1.29, 1.82) is 0 Å². The molecular formula is C31H37ClN2O3. The lowest BCUT2D eigenvalue weighted by Gasteiger charge is -2.32. The van der Waals surface area contributed by atoms with Crippen LogP contribution in [0.25, 0.3) is 0 Å². The molecule has 3 aromatic rings. The second-order valence-corrected chi connectivity index (χ2v) is 9.84. The summed E-state index contributed by atoms with van der Waals surface area (Å²) in [5, 5.41) is 3.68. The van der Waals surface area contributed by atoms with Crippen molar-refractivity contribution in [3.8, 4) is 0 Å². The molecule has 0 heterocycles. The Kier molecular flexibility index (Phi) is 11.7. The number of nitrogens with zero attached hydrogens (tertiary/aromatic N) is 1. The molecule has 1 atom stereocenters. The van der Waals surface area contributed by atoms with Crippen LogP contribution in [0.5, 0.6) is 0 Å². The molecule has 0 spiro atoms. The van der Waals surface area contributed by atoms with Gasteiger partial charge in [-0.05, 0) is 55.5 Å². The van der Waals surface area contributed by atoms with Crippen LogP contribution in [0.3, 0.4) is 0 Å². The molecule has 37 heavy (non-hydrogen) atoms. The quantitative estimate of drug-likeness (QED) is 0.271. The third kappa shape index (κ3) is 10.0. The average Bonchev–Trinajstić information content (AvgIpc) is 2.91. The van der Waals surface area contributed by atoms with Crippen molar-refractivity contribution in [2.45, 2.75) is 58.2 Å². The molecule has 0 radical (unpaired) electrons. The van der Waals surface area contributed by atoms with Gasteiger partial charge in [-0.2, -0.15) is 0 Å². The molecule has 3 rings (SSSR count). The van der Waals surface area contributed by atoms with Gasteiger partial charge in [0.05, 0.1) is 6.10 Å². The maximum Gasteiger partial charge on any atom is 0.243 e. The van der Waals surface area contributed by atoms with Crippen molar-refractivity contribution >= 4 is 23.4 Å². The number of halogens is 1. The first kappa shape index (κ1) is 28.4. The molecule has 0 fully saturated rings. The number of amides is 2. The van der Waals surface area contributed by atoms with Crippen LogP contribution in [0.1, 0.15) is 43.4 Å². The Hall–Kier alpha value is -3.15. The van der Waals surface area contributed by atoms with Gasteiger partial charge in [0, 0.05) is 37.6 Å². The van der Waals surface area contributed by atoms with E-state index in [0.717, 1.165) is 16.7 Å². The molecule has 5 nitrogen and oxygen atoms in total. The van der Waals surface area contributed by atoms with E-state index < -0.39 is 6.04 Å². The maximum absolute atomic E-state index is 13.7. The Bertz CT molecular complexity index is 1090. The maximum atomic E-state index is 13.7. The topological polar surface area (TPSA) is 58.6 Å². The lowest BCUT2D eigenvalue weighted by Crippen LogP contribution is -2.50. The van der Waals surface area contributed by atoms with Crippen LogP contribution in [0.2, 0.25) is 5.02 Å². The fourth-order valence-corrected chi connectivity index (χ4v) is 4.23. The first-order valence-electron chi connectivity index (χ1n) is 12.9. The van der Waals surface area contributed by atoms with Crippen LogP contribution >= 0.6 is 11.6 Å². The zero-order valence-corrected chi connectivity index (χ0v) is 22.5. The average molecular weight is 521 g/mol. The molecule has 2 amide bonds. The second-order valence-electron chi connectivity index (χ2n) is 9.40. The first-order valence-corrected chi connectivity index (χ1v) is 13.3. The molecule has 0 unspecified atom stereocenters. The molecule has 0 saturated heterocycles. The minimum Gasteiger partial charge on any atom is -0.379 e. The Morgan fingerprint density at radius 1 is 0.865 bits per heavy atom. The van der Waals surface area contributed by atoms with E-state index in [1.54, 1.807) is 4.90 Å². The third-order valence-electron chi connectivity index (χ3n) is 6.08. The second kappa shape index (κ2) is 15.2. The zero-order valence-electron chi connectivity index (χ0n) is 21.7. The van der Waals surface area contributed by atoms with E-state index >= 15 is 0 Å². The lowest BCUT2D eigenvalue weighted by molar-refractivity contribution is -0.141. The number of ether oxygens (including phenoxy) is 1. The normalized spacial score (nSPS) is 11.8. The van der Waals surface area contributed by atoms with Crippen LogP contribution in [0.15, 0.2) is 84.9 Å². The summed E-state index contributed by atoms with van der Waals surface area (Å²) in [5.41, 5.74) is 3.02. The Morgan fingerprint density at radius 2 is 1.49 bits per heavy atom. The Morgan fingerprint density at radius 3 is 2.11 bits per heavy atom. The van der Waals surface area contributed by atoms with Gasteiger partial charge in [0.25, 0.3) is 0 Å². The number of carbonyl (C=O) groups excluding carboxylic acids is 2. The van der Waals surface area contributed by atoms with Crippen LogP contribution < -0.4 is 5.32 Å². The monoisotopic (exact) mass is 520 g/mol. The van der Waals surface area contributed by atoms with Crippen molar-refractivity contribution in [2.24, 2.45) is 0 Å². The first-order chi connectivity index (χ1) is 17.9. The van der Waals surface area contributed by atoms with E-state index in [1.807, 2.05) is 98.8 Å². The van der Waals surface area contributed by atoms with Gasteiger partial charge in [0.1, 0.15) is 6.04 Å². The Balaban J connectivity index is 1.81. The number of benzene rings is 3. The van der Waals surface area contributed by atoms with Crippen molar-refractivity contribution in [3.05, 3.63) is 107 Å². The SMILES string of the molecule is CC(C)OCCCNC(=O)[C@@H](Cc1ccccc1)N(Cc1ccc(Cl)cc1)C(=O)CCc1ccccc1. The van der Waals surface area contributed by atoms with E-state index in [-0.39, 0.29) is 17.9 Å². The molecule has 1 N–H and O–H groups in total. The van der Waals surface area contributed by atoms with Gasteiger partial charge in [-0.1, -0.05) is 84.4 Å². The summed E-state index contributed by atoms with van der Waals surface area (Å²) in [6.45, 7) is 5.37. The van der Waals surface area contributed by atoms with E-state index in [9.17, 15) is 9.59 Å². The molecule has 0 aliphatic rings. The number of hydrogen-bond acceptors (Lipinski definition) is 3. The van der Waals surface area contributed by atoms with Gasteiger partial charge in [-0.25, -0.2) is 0 Å². The number of aryl methyl sites for hydroxylation is 1. The summed E-state index contributed by atoms with van der Waals surface area (Å²) in [4.78, 5) is 28.9. The van der Waals surface area contributed by atoms with Gasteiger partial charge < -0.3 is 15.0 Å². The Labute approximate surface area is 225 Å². The number of nitrogens with one attached hydrogen (secondary N) is 1. The van der Waals surface area contributed by atoms with E-state index in [1.165, 1.54) is 0 Å². The fraction of sp³-hybridized carbons (Fsp3) is 0.355. The number of rotatable bonds is 14. The summed E-state index contributed by atoms with van der Waals surface area (Å²) in [6, 6.07) is 26.6.